The first-order valence-electron chi connectivity index (χ1n) is 6.80. The summed E-state index contributed by atoms with van der Waals surface area (Å²) in [6.45, 7) is 2.12. The van der Waals surface area contributed by atoms with E-state index in [1.165, 1.54) is 0 Å². The predicted octanol–water partition coefficient (Wildman–Crippen LogP) is 0.850. The minimum absolute atomic E-state index is 0.0619. The van der Waals surface area contributed by atoms with Crippen LogP contribution in [0.2, 0.25) is 0 Å². The SMILES string of the molecule is CN1CCC(c2ccnc3c(C(=O)N(C)C)cnn23)C1. The van der Waals surface area contributed by atoms with E-state index < -0.39 is 0 Å². The lowest BCUT2D eigenvalue weighted by molar-refractivity contribution is 0.0829. The largest absolute Gasteiger partial charge is 0.345 e. The molecule has 6 nitrogen and oxygen atoms in total. The van der Waals surface area contributed by atoms with E-state index in [9.17, 15) is 4.79 Å². The van der Waals surface area contributed by atoms with Gasteiger partial charge in [0.2, 0.25) is 0 Å². The van der Waals surface area contributed by atoms with Gasteiger partial charge in [-0.2, -0.15) is 5.10 Å². The van der Waals surface area contributed by atoms with Crippen molar-refractivity contribution in [3.05, 3.63) is 29.7 Å². The molecule has 1 aliphatic heterocycles. The number of aromatic nitrogens is 3. The maximum Gasteiger partial charge on any atom is 0.258 e. The maximum absolute atomic E-state index is 12.1. The van der Waals surface area contributed by atoms with Crippen LogP contribution in [0.15, 0.2) is 18.5 Å². The van der Waals surface area contributed by atoms with E-state index in [0.717, 1.165) is 25.2 Å². The number of amides is 1. The van der Waals surface area contributed by atoms with Gasteiger partial charge in [0.1, 0.15) is 5.56 Å². The fourth-order valence-corrected chi connectivity index (χ4v) is 2.79. The van der Waals surface area contributed by atoms with Crippen molar-refractivity contribution < 1.29 is 4.79 Å². The highest BCUT2D eigenvalue weighted by Crippen LogP contribution is 2.26. The Morgan fingerprint density at radius 1 is 1.45 bits per heavy atom. The van der Waals surface area contributed by atoms with Gasteiger partial charge in [-0.3, -0.25) is 4.79 Å². The van der Waals surface area contributed by atoms with Gasteiger partial charge in [0.15, 0.2) is 5.65 Å². The Bertz CT molecular complexity index is 648. The van der Waals surface area contributed by atoms with E-state index in [0.29, 0.717) is 17.1 Å². The van der Waals surface area contributed by atoms with E-state index in [2.05, 4.69) is 22.0 Å². The quantitative estimate of drug-likeness (QED) is 0.814. The normalized spacial score (nSPS) is 19.6. The highest BCUT2D eigenvalue weighted by molar-refractivity contribution is 5.99. The molecule has 2 aromatic rings. The third-order valence-electron chi connectivity index (χ3n) is 3.88. The van der Waals surface area contributed by atoms with Crippen molar-refractivity contribution in [3.63, 3.8) is 0 Å². The first-order chi connectivity index (χ1) is 9.58. The molecule has 1 saturated heterocycles. The summed E-state index contributed by atoms with van der Waals surface area (Å²) in [6.07, 6.45) is 4.51. The van der Waals surface area contributed by atoms with E-state index in [1.54, 1.807) is 31.4 Å². The summed E-state index contributed by atoms with van der Waals surface area (Å²) >= 11 is 0. The summed E-state index contributed by atoms with van der Waals surface area (Å²) in [5, 5.41) is 4.38. The Labute approximate surface area is 118 Å². The lowest BCUT2D eigenvalue weighted by Gasteiger charge is -2.12. The number of likely N-dealkylation sites (N-methyl/N-ethyl adjacent to an activating group) is 1. The Morgan fingerprint density at radius 2 is 2.25 bits per heavy atom. The maximum atomic E-state index is 12.1. The first kappa shape index (κ1) is 13.1. The Hall–Kier alpha value is -1.95. The second-order valence-corrected chi connectivity index (χ2v) is 5.61. The van der Waals surface area contributed by atoms with Crippen molar-refractivity contribution in [1.82, 2.24) is 24.4 Å². The number of fused-ring (bicyclic) bond motifs is 1. The Kier molecular flexibility index (Phi) is 3.17. The van der Waals surface area contributed by atoms with Crippen LogP contribution < -0.4 is 0 Å². The first-order valence-corrected chi connectivity index (χ1v) is 6.80. The van der Waals surface area contributed by atoms with Crippen molar-refractivity contribution in [2.45, 2.75) is 12.3 Å². The summed E-state index contributed by atoms with van der Waals surface area (Å²) in [7, 11) is 5.60. The van der Waals surface area contributed by atoms with Crippen molar-refractivity contribution in [3.8, 4) is 0 Å². The number of nitrogens with zero attached hydrogens (tertiary/aromatic N) is 5. The van der Waals surface area contributed by atoms with Crippen LogP contribution in [0.4, 0.5) is 0 Å². The molecule has 1 amide bonds. The molecule has 2 aromatic heterocycles. The summed E-state index contributed by atoms with van der Waals surface area (Å²) in [5.74, 6) is 0.390. The molecule has 106 valence electrons. The highest BCUT2D eigenvalue weighted by Gasteiger charge is 2.25. The number of hydrogen-bond acceptors (Lipinski definition) is 4. The zero-order valence-electron chi connectivity index (χ0n) is 12.1. The summed E-state index contributed by atoms with van der Waals surface area (Å²) in [4.78, 5) is 20.3. The van der Waals surface area contributed by atoms with Crippen LogP contribution in [0.1, 0.15) is 28.4 Å². The molecule has 0 bridgehead atoms. The second-order valence-electron chi connectivity index (χ2n) is 5.61. The molecule has 6 heteroatoms. The zero-order valence-corrected chi connectivity index (χ0v) is 12.1. The fraction of sp³-hybridized carbons (Fsp3) is 0.500. The summed E-state index contributed by atoms with van der Waals surface area (Å²) in [6, 6.07) is 2.01. The van der Waals surface area contributed by atoms with Gasteiger partial charge in [-0.25, -0.2) is 9.50 Å². The van der Waals surface area contributed by atoms with Gasteiger partial charge in [0.05, 0.1) is 11.9 Å². The molecule has 0 N–H and O–H groups in total. The summed E-state index contributed by atoms with van der Waals surface area (Å²) < 4.78 is 1.82. The van der Waals surface area contributed by atoms with Crippen LogP contribution in [0.3, 0.4) is 0 Å². The minimum Gasteiger partial charge on any atom is -0.345 e. The monoisotopic (exact) mass is 273 g/mol. The van der Waals surface area contributed by atoms with Gasteiger partial charge in [0.25, 0.3) is 5.91 Å². The fourth-order valence-electron chi connectivity index (χ4n) is 2.79. The Morgan fingerprint density at radius 3 is 2.90 bits per heavy atom. The van der Waals surface area contributed by atoms with Gasteiger partial charge >= 0.3 is 0 Å². The molecule has 0 aliphatic carbocycles. The highest BCUT2D eigenvalue weighted by atomic mass is 16.2. The lowest BCUT2D eigenvalue weighted by atomic mass is 10.0. The minimum atomic E-state index is -0.0619. The molecule has 1 aliphatic rings. The molecule has 1 fully saturated rings. The lowest BCUT2D eigenvalue weighted by Crippen LogP contribution is -2.21. The number of rotatable bonds is 2. The van der Waals surface area contributed by atoms with Crippen molar-refractivity contribution in [1.29, 1.82) is 0 Å². The molecule has 0 aromatic carbocycles. The number of hydrogen-bond donors (Lipinski definition) is 0. The molecule has 3 heterocycles. The van der Waals surface area contributed by atoms with E-state index in [-0.39, 0.29) is 5.91 Å². The standard InChI is InChI=1S/C14H19N5O/c1-17(2)14(20)11-8-16-19-12(4-6-15-13(11)19)10-5-7-18(3)9-10/h4,6,8,10H,5,7,9H2,1-3H3. The average molecular weight is 273 g/mol. The van der Waals surface area contributed by atoms with Gasteiger partial charge in [-0.1, -0.05) is 0 Å². The van der Waals surface area contributed by atoms with Crippen molar-refractivity contribution in [2.24, 2.45) is 0 Å². The second kappa shape index (κ2) is 4.86. The van der Waals surface area contributed by atoms with Gasteiger partial charge < -0.3 is 9.80 Å². The van der Waals surface area contributed by atoms with Gasteiger partial charge in [-0.05, 0) is 26.1 Å². The number of likely N-dealkylation sites (tertiary alicyclic amines) is 1. The van der Waals surface area contributed by atoms with Gasteiger partial charge in [0, 0.05) is 32.8 Å². The van der Waals surface area contributed by atoms with E-state index in [4.69, 9.17) is 0 Å². The van der Waals surface area contributed by atoms with Crippen LogP contribution in [0, 0.1) is 0 Å². The van der Waals surface area contributed by atoms with Crippen LogP contribution in [-0.2, 0) is 0 Å². The third kappa shape index (κ3) is 2.06. The molecule has 1 atom stereocenters. The average Bonchev–Trinajstić information content (AvgIpc) is 3.03. The molecule has 0 spiro atoms. The molecule has 3 rings (SSSR count). The third-order valence-corrected chi connectivity index (χ3v) is 3.88. The van der Waals surface area contributed by atoms with Gasteiger partial charge in [-0.15, -0.1) is 0 Å². The molecule has 20 heavy (non-hydrogen) atoms. The topological polar surface area (TPSA) is 53.7 Å². The van der Waals surface area contributed by atoms with Crippen LogP contribution in [0.5, 0.6) is 0 Å². The summed E-state index contributed by atoms with van der Waals surface area (Å²) in [5.41, 5.74) is 2.34. The van der Waals surface area contributed by atoms with Crippen LogP contribution >= 0.6 is 0 Å². The molecule has 0 saturated carbocycles. The van der Waals surface area contributed by atoms with Crippen LogP contribution in [0.25, 0.3) is 5.65 Å². The Balaban J connectivity index is 2.06. The molecular weight excluding hydrogens is 254 g/mol. The van der Waals surface area contributed by atoms with Crippen molar-refractivity contribution >= 4 is 11.6 Å². The van der Waals surface area contributed by atoms with Crippen LogP contribution in [-0.4, -0.2) is 64.5 Å². The zero-order chi connectivity index (χ0) is 14.3. The number of carbonyl (C=O) groups excluding carboxylic acids is 1. The molecule has 1 unspecified atom stereocenters. The number of carbonyl (C=O) groups is 1. The molecular formula is C14H19N5O. The van der Waals surface area contributed by atoms with E-state index >= 15 is 0 Å². The molecule has 0 radical (unpaired) electrons. The van der Waals surface area contributed by atoms with Crippen molar-refractivity contribution in [2.75, 3.05) is 34.2 Å². The smallest absolute Gasteiger partial charge is 0.258 e. The predicted molar refractivity (Wildman–Crippen MR) is 75.9 cm³/mol. The van der Waals surface area contributed by atoms with E-state index in [1.807, 2.05) is 10.6 Å².